The van der Waals surface area contributed by atoms with Gasteiger partial charge in [0.2, 0.25) is 12.6 Å². The molecule has 36 nitrogen and oxygen atoms in total. The summed E-state index contributed by atoms with van der Waals surface area (Å²) in [6, 6.07) is 0. The van der Waals surface area contributed by atoms with Gasteiger partial charge in [0, 0.05) is 0 Å². The van der Waals surface area contributed by atoms with Gasteiger partial charge in [0.1, 0.15) is 146 Å². The molecule has 6 saturated heterocycles. The first-order chi connectivity index (χ1) is 52.8. The SMILES string of the molecule is C=C1C[C@@]23CC[C@H]4[C@@](C)(CCC[C@@]4(C)C(=O)O[C@@H]4O[C@H](CO)[C@@H](O)[C@H](O)[C@H]4O)[C@@H]2CC[C@]1(O[C@@H]1O[C@H](CO)[C@@H](O)[C@H](O)[C@H]1O[C@@H]1O[C@H](CO)[C@@H](O)[C@H](O)[C@H]1O)C3.C=C1C[C@@]23CC[C@H]4[C@@](C)(CCC[C@@]4(C)C(=O)O[C@@H]4O[C@H](CO)[C@@H](O)[C@H](O)[C@H]4O)[C@@H]2CC[C@]1(O[C@@H]1O[C@H](CO)[C@@H](O)[C@H](O)[C@H]1O[C@@H]1O[C@H](CO)[C@@H](O)[C@H](O)[C@H]1O)C3. The molecule has 22 N–H and O–H groups in total. The second-order valence-electron chi connectivity index (χ2n) is 36.0. The van der Waals surface area contributed by atoms with E-state index in [1.165, 1.54) is 0 Å². The predicted molar refractivity (Wildman–Crippen MR) is 373 cm³/mol. The maximum Gasteiger partial charge on any atom is 0.314 e. The van der Waals surface area contributed by atoms with Crippen LogP contribution < -0.4 is 0 Å². The summed E-state index contributed by atoms with van der Waals surface area (Å²) in [6.07, 6.45) is -35.7. The maximum absolute atomic E-state index is 14.1. The largest absolute Gasteiger partial charge is 0.432 e. The van der Waals surface area contributed by atoms with Crippen molar-refractivity contribution in [2.75, 3.05) is 39.6 Å². The van der Waals surface area contributed by atoms with Crippen LogP contribution in [0, 0.1) is 56.2 Å². The molecule has 6 aliphatic heterocycles. The standard InChI is InChI=1S/2C38H60O18/c2*1-16-11-37-9-5-20-35(2,7-4-8-36(20,3)34(50)55-32-29(49)26(46)23(43)18(13-40)52-32)21(37)6-10-38(16,15-37)56-33-30(27(47)24(44)19(14-41)53-33)54-31-28(48)25(45)22(42)17(12-39)51-31/h2*17-33,39-49H,1,4-15H2,2-3H3/t2*17-,18-,19-,20+,21+,22-,23-,24-,25+,26+,27+,28-,29-,30-,31+,32+,33+,35-,36-,37-,38+/m11/s1. The second kappa shape index (κ2) is 32.6. The van der Waals surface area contributed by atoms with E-state index in [0.717, 1.165) is 36.8 Å². The zero-order valence-corrected chi connectivity index (χ0v) is 63.6. The highest BCUT2D eigenvalue weighted by Gasteiger charge is 2.72. The number of carbonyl (C=O) groups is 2. The van der Waals surface area contributed by atoms with E-state index in [1.54, 1.807) is 0 Å². The van der Waals surface area contributed by atoms with Crippen LogP contribution in [-0.2, 0) is 66.4 Å². The van der Waals surface area contributed by atoms with E-state index in [9.17, 15) is 122 Å². The molecule has 112 heavy (non-hydrogen) atoms. The van der Waals surface area contributed by atoms with Gasteiger partial charge in [-0.2, -0.15) is 0 Å². The first-order valence-corrected chi connectivity index (χ1v) is 39.7. The van der Waals surface area contributed by atoms with Gasteiger partial charge in [0.25, 0.3) is 0 Å². The number of fused-ring (bicyclic) bond motifs is 6. The van der Waals surface area contributed by atoms with Gasteiger partial charge in [0.05, 0.1) is 61.7 Å². The molecular formula is C76H120O36. The number of esters is 2. The van der Waals surface area contributed by atoms with E-state index in [2.05, 4.69) is 27.0 Å². The van der Waals surface area contributed by atoms with Gasteiger partial charge in [-0.1, -0.05) is 39.8 Å². The lowest BCUT2D eigenvalue weighted by atomic mass is 9.41. The Morgan fingerprint density at radius 1 is 0.339 bits per heavy atom. The minimum atomic E-state index is -1.81. The zero-order valence-electron chi connectivity index (χ0n) is 63.6. The normalized spacial score (nSPS) is 54.6. The number of aliphatic hydroxyl groups is 22. The van der Waals surface area contributed by atoms with E-state index in [0.29, 0.717) is 89.9 Å². The number of carbonyl (C=O) groups excluding carboxylic acids is 2. The van der Waals surface area contributed by atoms with Crippen LogP contribution in [0.4, 0.5) is 0 Å². The summed E-state index contributed by atoms with van der Waals surface area (Å²) < 4.78 is 71.2. The summed E-state index contributed by atoms with van der Waals surface area (Å²) in [4.78, 5) is 28.2. The molecule has 14 rings (SSSR count). The monoisotopic (exact) mass is 1610 g/mol. The van der Waals surface area contributed by atoms with Gasteiger partial charge >= 0.3 is 11.9 Å². The molecule has 42 atom stereocenters. The van der Waals surface area contributed by atoms with Gasteiger partial charge in [-0.3, -0.25) is 9.59 Å². The highest BCUT2D eigenvalue weighted by atomic mass is 16.8. The number of ether oxygens (including phenoxy) is 12. The third kappa shape index (κ3) is 14.4. The van der Waals surface area contributed by atoms with Crippen LogP contribution in [0.15, 0.2) is 24.3 Å². The first-order valence-electron chi connectivity index (χ1n) is 39.7. The fourth-order valence-electron chi connectivity index (χ4n) is 24.0. The van der Waals surface area contributed by atoms with E-state index in [-0.39, 0.29) is 45.3 Å². The lowest BCUT2D eigenvalue weighted by molar-refractivity contribution is -0.378. The number of hydrogen-bond acceptors (Lipinski definition) is 36. The first kappa shape index (κ1) is 87.0. The van der Waals surface area contributed by atoms with Crippen LogP contribution in [0.5, 0.6) is 0 Å². The van der Waals surface area contributed by atoms with E-state index < -0.39 is 258 Å². The molecule has 0 radical (unpaired) electrons. The minimum absolute atomic E-state index is 0.121. The number of rotatable bonds is 18. The molecular weight excluding hydrogens is 1490 g/mol. The van der Waals surface area contributed by atoms with Crippen molar-refractivity contribution in [2.24, 2.45) is 56.2 Å². The second-order valence-corrected chi connectivity index (χ2v) is 36.0. The Hall–Kier alpha value is -2.86. The lowest BCUT2D eigenvalue weighted by Crippen LogP contribution is -2.65. The van der Waals surface area contributed by atoms with Crippen LogP contribution in [0.2, 0.25) is 0 Å². The fraction of sp³-hybridized carbons (Fsp3) is 0.921. The molecule has 0 unspecified atom stereocenters. The smallest absolute Gasteiger partial charge is 0.314 e. The topological polar surface area (TPSA) is 590 Å². The Balaban J connectivity index is 0.000000196. The molecule has 0 aromatic rings. The number of hydrogen-bond donors (Lipinski definition) is 22. The fourth-order valence-corrected chi connectivity index (χ4v) is 24.0. The summed E-state index contributed by atoms with van der Waals surface area (Å²) in [5.41, 5.74) is -3.60. The van der Waals surface area contributed by atoms with Crippen molar-refractivity contribution in [3.63, 3.8) is 0 Å². The molecule has 0 aromatic carbocycles. The van der Waals surface area contributed by atoms with Gasteiger partial charge in [-0.15, -0.1) is 0 Å². The van der Waals surface area contributed by atoms with Crippen LogP contribution in [0.1, 0.15) is 143 Å². The van der Waals surface area contributed by atoms with Gasteiger partial charge < -0.3 is 169 Å². The van der Waals surface area contributed by atoms with Crippen LogP contribution in [0.3, 0.4) is 0 Å². The Kier molecular flexibility index (Phi) is 25.3. The summed E-state index contributed by atoms with van der Waals surface area (Å²) in [6.45, 7) is 13.0. The minimum Gasteiger partial charge on any atom is -0.432 e. The van der Waals surface area contributed by atoms with Crippen LogP contribution in [-0.4, -0.2) is 359 Å². The van der Waals surface area contributed by atoms with Gasteiger partial charge in [-0.05, 0) is 173 Å². The zero-order chi connectivity index (χ0) is 81.4. The van der Waals surface area contributed by atoms with Crippen molar-refractivity contribution < 1.29 is 179 Å². The van der Waals surface area contributed by atoms with Gasteiger partial charge in [-0.25, -0.2) is 0 Å². The van der Waals surface area contributed by atoms with Crippen molar-refractivity contribution in [3.8, 4) is 0 Å². The Morgan fingerprint density at radius 2 is 0.607 bits per heavy atom. The van der Waals surface area contributed by atoms with Crippen LogP contribution in [0.25, 0.3) is 0 Å². The molecule has 2 spiro atoms. The molecule has 14 aliphatic rings. The molecule has 0 amide bonds. The quantitative estimate of drug-likeness (QED) is 0.0345. The van der Waals surface area contributed by atoms with Crippen molar-refractivity contribution in [1.29, 1.82) is 0 Å². The summed E-state index contributed by atoms with van der Waals surface area (Å²) in [5.74, 6) is -1.18. The molecule has 640 valence electrons. The van der Waals surface area contributed by atoms with Crippen LogP contribution >= 0.6 is 0 Å². The molecule has 4 bridgehead atoms. The molecule has 14 fully saturated rings. The Bertz CT molecular complexity index is 3110. The lowest BCUT2D eigenvalue weighted by Gasteiger charge is -2.64. The van der Waals surface area contributed by atoms with E-state index in [1.807, 2.05) is 13.8 Å². The number of aliphatic hydroxyl groups excluding tert-OH is 22. The highest BCUT2D eigenvalue weighted by molar-refractivity contribution is 5.78. The highest BCUT2D eigenvalue weighted by Crippen LogP contribution is 2.76. The van der Waals surface area contributed by atoms with Crippen molar-refractivity contribution in [2.45, 2.75) is 339 Å². The maximum atomic E-state index is 14.1. The molecule has 8 aliphatic carbocycles. The van der Waals surface area contributed by atoms with Gasteiger partial charge in [0.15, 0.2) is 25.2 Å². The Labute approximate surface area is 647 Å². The average molecular weight is 1610 g/mol. The average Bonchev–Trinajstić information content (AvgIpc) is 1.47. The summed E-state index contributed by atoms with van der Waals surface area (Å²) >= 11 is 0. The Morgan fingerprint density at radius 3 is 0.911 bits per heavy atom. The molecule has 8 saturated carbocycles. The van der Waals surface area contributed by atoms with E-state index in [4.69, 9.17) is 56.8 Å². The molecule has 0 aromatic heterocycles. The third-order valence-electron chi connectivity index (χ3n) is 29.9. The van der Waals surface area contributed by atoms with Crippen molar-refractivity contribution >= 4 is 11.9 Å². The third-order valence-corrected chi connectivity index (χ3v) is 29.9. The molecule has 6 heterocycles. The summed E-state index contributed by atoms with van der Waals surface area (Å²) in [5, 5.41) is 228. The van der Waals surface area contributed by atoms with E-state index >= 15 is 0 Å². The van der Waals surface area contributed by atoms with Crippen molar-refractivity contribution in [3.05, 3.63) is 24.3 Å². The predicted octanol–water partition coefficient (Wildman–Crippen LogP) is -5.88. The molecule has 36 heteroatoms. The van der Waals surface area contributed by atoms with Crippen molar-refractivity contribution in [1.82, 2.24) is 0 Å². The summed E-state index contributed by atoms with van der Waals surface area (Å²) in [7, 11) is 0.